The van der Waals surface area contributed by atoms with Crippen LogP contribution in [-0.2, 0) is 6.61 Å². The van der Waals surface area contributed by atoms with Crippen molar-refractivity contribution in [3.05, 3.63) is 105 Å². The molecule has 5 aromatic rings. The number of ether oxygens (including phenoxy) is 2. The summed E-state index contributed by atoms with van der Waals surface area (Å²) < 4.78 is 22.4. The van der Waals surface area contributed by atoms with Gasteiger partial charge in [0.2, 0.25) is 0 Å². The van der Waals surface area contributed by atoms with Gasteiger partial charge >= 0.3 is 11.3 Å². The van der Waals surface area contributed by atoms with Crippen LogP contribution in [0.3, 0.4) is 0 Å². The largest absolute Gasteiger partial charge is 0.490 e. The molecule has 5 rings (SSSR count). The van der Waals surface area contributed by atoms with Crippen LogP contribution < -0.4 is 20.7 Å². The van der Waals surface area contributed by atoms with E-state index in [9.17, 15) is 9.59 Å². The summed E-state index contributed by atoms with van der Waals surface area (Å²) in [4.78, 5) is 25.2. The lowest BCUT2D eigenvalue weighted by atomic mass is 10.0. The van der Waals surface area contributed by atoms with E-state index in [1.54, 1.807) is 30.3 Å². The standard InChI is InChI=1S/C27H20O6/c1-2-30-23-10-6-9-18-13-22(27(29)33-26(18)23)21-15-25(28)32-24-14-19(11-12-20(21)24)31-16-17-7-4-3-5-8-17/h3-15H,2,16H2,1H3. The summed E-state index contributed by atoms with van der Waals surface area (Å²) in [5, 5.41) is 1.30. The molecular formula is C27H20O6. The monoisotopic (exact) mass is 440 g/mol. The molecule has 0 fully saturated rings. The molecule has 0 aliphatic rings. The highest BCUT2D eigenvalue weighted by atomic mass is 16.5. The van der Waals surface area contributed by atoms with Crippen LogP contribution in [0.5, 0.6) is 11.5 Å². The van der Waals surface area contributed by atoms with Crippen molar-refractivity contribution in [2.45, 2.75) is 13.5 Å². The highest BCUT2D eigenvalue weighted by Gasteiger charge is 2.16. The topological polar surface area (TPSA) is 78.9 Å². The van der Waals surface area contributed by atoms with Gasteiger partial charge in [0, 0.05) is 28.5 Å². The Kier molecular flexibility index (Phi) is 5.40. The van der Waals surface area contributed by atoms with E-state index in [2.05, 4.69) is 0 Å². The molecule has 0 radical (unpaired) electrons. The highest BCUT2D eigenvalue weighted by Crippen LogP contribution is 2.32. The Morgan fingerprint density at radius 1 is 0.788 bits per heavy atom. The lowest BCUT2D eigenvalue weighted by molar-refractivity contribution is 0.306. The third kappa shape index (κ3) is 4.11. The summed E-state index contributed by atoms with van der Waals surface area (Å²) in [5.41, 5.74) is 1.29. The predicted octanol–water partition coefficient (Wildman–Crippen LogP) is 5.54. The van der Waals surface area contributed by atoms with Gasteiger partial charge < -0.3 is 18.3 Å². The minimum Gasteiger partial charge on any atom is -0.490 e. The van der Waals surface area contributed by atoms with E-state index < -0.39 is 11.3 Å². The Balaban J connectivity index is 1.58. The average molecular weight is 440 g/mol. The van der Waals surface area contributed by atoms with Crippen LogP contribution in [-0.4, -0.2) is 6.61 Å². The maximum atomic E-state index is 12.9. The van der Waals surface area contributed by atoms with Crippen LogP contribution in [0.25, 0.3) is 33.1 Å². The molecule has 0 aliphatic heterocycles. The Labute approximate surface area is 188 Å². The summed E-state index contributed by atoms with van der Waals surface area (Å²) >= 11 is 0. The summed E-state index contributed by atoms with van der Waals surface area (Å²) in [6, 6.07) is 23.4. The van der Waals surface area contributed by atoms with Gasteiger partial charge in [0.1, 0.15) is 17.9 Å². The number of fused-ring (bicyclic) bond motifs is 2. The Morgan fingerprint density at radius 3 is 2.45 bits per heavy atom. The molecular weight excluding hydrogens is 420 g/mol. The first-order valence-corrected chi connectivity index (χ1v) is 10.6. The van der Waals surface area contributed by atoms with E-state index in [0.29, 0.717) is 52.2 Å². The molecule has 2 heterocycles. The maximum Gasteiger partial charge on any atom is 0.344 e. The highest BCUT2D eigenvalue weighted by molar-refractivity contribution is 5.96. The van der Waals surface area contributed by atoms with Crippen LogP contribution in [0, 0.1) is 0 Å². The second kappa shape index (κ2) is 8.67. The van der Waals surface area contributed by atoms with Crippen LogP contribution >= 0.6 is 0 Å². The van der Waals surface area contributed by atoms with Crippen molar-refractivity contribution in [2.24, 2.45) is 0 Å². The van der Waals surface area contributed by atoms with Crippen LogP contribution in [0.1, 0.15) is 12.5 Å². The van der Waals surface area contributed by atoms with E-state index in [0.717, 1.165) is 5.56 Å². The van der Waals surface area contributed by atoms with Crippen LogP contribution in [0.15, 0.2) is 97.3 Å². The Morgan fingerprint density at radius 2 is 1.64 bits per heavy atom. The van der Waals surface area contributed by atoms with Gasteiger partial charge in [-0.2, -0.15) is 0 Å². The van der Waals surface area contributed by atoms with Gasteiger partial charge in [-0.05, 0) is 36.8 Å². The second-order valence-electron chi connectivity index (χ2n) is 7.47. The fourth-order valence-corrected chi connectivity index (χ4v) is 3.77. The molecule has 0 spiro atoms. The molecule has 0 aliphatic carbocycles. The molecule has 0 atom stereocenters. The van der Waals surface area contributed by atoms with Crippen molar-refractivity contribution in [1.29, 1.82) is 0 Å². The SMILES string of the molecule is CCOc1cccc2cc(-c3cc(=O)oc4cc(OCc5ccccc5)ccc34)c(=O)oc12. The van der Waals surface area contributed by atoms with Crippen molar-refractivity contribution in [3.8, 4) is 22.6 Å². The first-order valence-electron chi connectivity index (χ1n) is 10.6. The average Bonchev–Trinajstić information content (AvgIpc) is 2.83. The molecule has 6 heteroatoms. The van der Waals surface area contributed by atoms with Crippen molar-refractivity contribution in [3.63, 3.8) is 0 Å². The third-order valence-electron chi connectivity index (χ3n) is 5.28. The van der Waals surface area contributed by atoms with Crippen LogP contribution in [0.4, 0.5) is 0 Å². The predicted molar refractivity (Wildman–Crippen MR) is 126 cm³/mol. The minimum absolute atomic E-state index is 0.270. The van der Waals surface area contributed by atoms with Crippen molar-refractivity contribution >= 4 is 21.9 Å². The van der Waals surface area contributed by atoms with Crippen LogP contribution in [0.2, 0.25) is 0 Å². The lowest BCUT2D eigenvalue weighted by Crippen LogP contribution is -2.07. The zero-order valence-electron chi connectivity index (χ0n) is 17.9. The van der Waals surface area contributed by atoms with Gasteiger partial charge in [-0.25, -0.2) is 9.59 Å². The van der Waals surface area contributed by atoms with Crippen molar-refractivity contribution < 1.29 is 18.3 Å². The first kappa shape index (κ1) is 20.6. The molecule has 6 nitrogen and oxygen atoms in total. The molecule has 33 heavy (non-hydrogen) atoms. The normalized spacial score (nSPS) is 11.1. The molecule has 164 valence electrons. The second-order valence-corrected chi connectivity index (χ2v) is 7.47. The lowest BCUT2D eigenvalue weighted by Gasteiger charge is -2.10. The minimum atomic E-state index is -0.569. The Hall–Kier alpha value is -4.32. The van der Waals surface area contributed by atoms with Gasteiger partial charge in [-0.3, -0.25) is 0 Å². The smallest absolute Gasteiger partial charge is 0.344 e. The molecule has 2 aromatic heterocycles. The molecule has 0 amide bonds. The molecule has 0 unspecified atom stereocenters. The fraction of sp³-hybridized carbons (Fsp3) is 0.111. The fourth-order valence-electron chi connectivity index (χ4n) is 3.77. The van der Waals surface area contributed by atoms with E-state index in [1.165, 1.54) is 6.07 Å². The number of hydrogen-bond acceptors (Lipinski definition) is 6. The van der Waals surface area contributed by atoms with Gasteiger partial charge in [0.25, 0.3) is 0 Å². The number of hydrogen-bond donors (Lipinski definition) is 0. The first-order chi connectivity index (χ1) is 16.1. The number of benzene rings is 3. The van der Waals surface area contributed by atoms with Gasteiger partial charge in [-0.15, -0.1) is 0 Å². The van der Waals surface area contributed by atoms with Gasteiger partial charge in [0.15, 0.2) is 11.3 Å². The Bertz CT molecular complexity index is 1560. The summed E-state index contributed by atoms with van der Waals surface area (Å²) in [5.74, 6) is 1.05. The number of para-hydroxylation sites is 1. The van der Waals surface area contributed by atoms with Crippen molar-refractivity contribution in [1.82, 2.24) is 0 Å². The zero-order chi connectivity index (χ0) is 22.8. The zero-order valence-corrected chi connectivity index (χ0v) is 17.9. The molecule has 0 saturated carbocycles. The maximum absolute atomic E-state index is 12.9. The molecule has 0 N–H and O–H groups in total. The molecule has 0 saturated heterocycles. The van der Waals surface area contributed by atoms with E-state index in [1.807, 2.05) is 49.4 Å². The van der Waals surface area contributed by atoms with E-state index >= 15 is 0 Å². The summed E-state index contributed by atoms with van der Waals surface area (Å²) in [6.45, 7) is 2.69. The summed E-state index contributed by atoms with van der Waals surface area (Å²) in [7, 11) is 0. The van der Waals surface area contributed by atoms with Crippen molar-refractivity contribution in [2.75, 3.05) is 6.61 Å². The van der Waals surface area contributed by atoms with Gasteiger partial charge in [0.05, 0.1) is 12.2 Å². The van der Waals surface area contributed by atoms with Gasteiger partial charge in [-0.1, -0.05) is 42.5 Å². The quantitative estimate of drug-likeness (QED) is 0.323. The summed E-state index contributed by atoms with van der Waals surface area (Å²) in [6.07, 6.45) is 0. The third-order valence-corrected chi connectivity index (χ3v) is 5.28. The molecule has 3 aromatic carbocycles. The van der Waals surface area contributed by atoms with E-state index in [4.69, 9.17) is 18.3 Å². The molecule has 0 bridgehead atoms. The number of rotatable bonds is 6. The van der Waals surface area contributed by atoms with E-state index in [-0.39, 0.29) is 5.56 Å².